The summed E-state index contributed by atoms with van der Waals surface area (Å²) in [5, 5.41) is 2.94. The van der Waals surface area contributed by atoms with Gasteiger partial charge < -0.3 is 5.32 Å². The molecule has 0 heterocycles. The third-order valence-corrected chi connectivity index (χ3v) is 3.57. The highest BCUT2D eigenvalue weighted by molar-refractivity contribution is 9.10. The van der Waals surface area contributed by atoms with E-state index in [1.165, 1.54) is 0 Å². The predicted octanol–water partition coefficient (Wildman–Crippen LogP) is 2.96. The van der Waals surface area contributed by atoms with Crippen molar-refractivity contribution in [2.45, 2.75) is 46.4 Å². The number of hydrogen-bond acceptors (Lipinski definition) is 1. The Morgan fingerprint density at radius 3 is 1.93 bits per heavy atom. The average Bonchev–Trinajstić information content (AvgIpc) is 1.95. The molecular formula is C11H22BrNO. The fourth-order valence-corrected chi connectivity index (χ4v) is 0.997. The lowest BCUT2D eigenvalue weighted by atomic mass is 9.91. The maximum atomic E-state index is 11.7. The van der Waals surface area contributed by atoms with Crippen LogP contribution >= 0.6 is 15.9 Å². The molecule has 0 aliphatic heterocycles. The van der Waals surface area contributed by atoms with Crippen molar-refractivity contribution in [2.24, 2.45) is 10.8 Å². The topological polar surface area (TPSA) is 29.1 Å². The van der Waals surface area contributed by atoms with Crippen LogP contribution in [-0.2, 0) is 4.79 Å². The standard InChI is InChI=1S/C11H22BrNO/c1-10(2,3)7-13-9(14)8(12)11(4,5)6/h8H,7H2,1-6H3,(H,13,14)/t8-/m0/s1. The number of carbonyl (C=O) groups is 1. The van der Waals surface area contributed by atoms with Gasteiger partial charge >= 0.3 is 0 Å². The van der Waals surface area contributed by atoms with Gasteiger partial charge in [0.05, 0.1) is 4.83 Å². The van der Waals surface area contributed by atoms with Gasteiger partial charge in [-0.05, 0) is 10.8 Å². The van der Waals surface area contributed by atoms with Crippen molar-refractivity contribution >= 4 is 21.8 Å². The predicted molar refractivity (Wildman–Crippen MR) is 64.6 cm³/mol. The molecule has 0 rings (SSSR count). The van der Waals surface area contributed by atoms with Gasteiger partial charge in [-0.2, -0.15) is 0 Å². The number of alkyl halides is 1. The van der Waals surface area contributed by atoms with E-state index in [0.717, 1.165) is 0 Å². The van der Waals surface area contributed by atoms with Gasteiger partial charge in [0.2, 0.25) is 5.91 Å². The summed E-state index contributed by atoms with van der Waals surface area (Å²) in [6.45, 7) is 13.2. The molecule has 0 aromatic heterocycles. The van der Waals surface area contributed by atoms with Crippen molar-refractivity contribution in [3.05, 3.63) is 0 Å². The zero-order chi connectivity index (χ0) is 11.6. The van der Waals surface area contributed by atoms with Crippen LogP contribution < -0.4 is 5.32 Å². The minimum Gasteiger partial charge on any atom is -0.355 e. The molecule has 3 heteroatoms. The van der Waals surface area contributed by atoms with Crippen molar-refractivity contribution < 1.29 is 4.79 Å². The van der Waals surface area contributed by atoms with E-state index in [-0.39, 0.29) is 21.6 Å². The van der Waals surface area contributed by atoms with E-state index in [1.807, 2.05) is 20.8 Å². The molecule has 1 atom stereocenters. The normalized spacial score (nSPS) is 15.1. The fraction of sp³-hybridized carbons (Fsp3) is 0.909. The minimum atomic E-state index is -0.127. The average molecular weight is 264 g/mol. The van der Waals surface area contributed by atoms with E-state index in [0.29, 0.717) is 6.54 Å². The maximum absolute atomic E-state index is 11.7. The van der Waals surface area contributed by atoms with Crippen LogP contribution in [0.25, 0.3) is 0 Å². The van der Waals surface area contributed by atoms with Crippen LogP contribution in [0.4, 0.5) is 0 Å². The molecule has 0 spiro atoms. The molecule has 0 aliphatic rings. The summed E-state index contributed by atoms with van der Waals surface area (Å²) >= 11 is 3.42. The van der Waals surface area contributed by atoms with E-state index >= 15 is 0 Å². The van der Waals surface area contributed by atoms with E-state index in [9.17, 15) is 4.79 Å². The van der Waals surface area contributed by atoms with Crippen LogP contribution in [-0.4, -0.2) is 17.3 Å². The second-order valence-electron chi connectivity index (χ2n) is 6.01. The summed E-state index contributed by atoms with van der Waals surface area (Å²) in [4.78, 5) is 11.6. The summed E-state index contributed by atoms with van der Waals surface area (Å²) in [5.74, 6) is 0.0763. The van der Waals surface area contributed by atoms with Crippen LogP contribution in [0.2, 0.25) is 0 Å². The number of halogens is 1. The molecular weight excluding hydrogens is 242 g/mol. The number of hydrogen-bond donors (Lipinski definition) is 1. The second kappa shape index (κ2) is 4.65. The van der Waals surface area contributed by atoms with Gasteiger partial charge in [0.1, 0.15) is 0 Å². The van der Waals surface area contributed by atoms with Crippen LogP contribution in [0.1, 0.15) is 41.5 Å². The van der Waals surface area contributed by atoms with Gasteiger partial charge in [0.25, 0.3) is 0 Å². The van der Waals surface area contributed by atoms with Crippen molar-refractivity contribution in [3.8, 4) is 0 Å². The van der Waals surface area contributed by atoms with Crippen molar-refractivity contribution in [1.29, 1.82) is 0 Å². The second-order valence-corrected chi connectivity index (χ2v) is 6.92. The minimum absolute atomic E-state index is 0.0397. The fourth-order valence-electron chi connectivity index (χ4n) is 0.835. The molecule has 1 N–H and O–H groups in total. The summed E-state index contributed by atoms with van der Waals surface area (Å²) < 4.78 is 0. The molecule has 84 valence electrons. The summed E-state index contributed by atoms with van der Waals surface area (Å²) in [6.07, 6.45) is 0. The third-order valence-electron chi connectivity index (χ3n) is 1.78. The van der Waals surface area contributed by atoms with E-state index in [1.54, 1.807) is 0 Å². The SMILES string of the molecule is CC(C)(C)CNC(=O)[C@H](Br)C(C)(C)C. The molecule has 0 saturated carbocycles. The van der Waals surface area contributed by atoms with Crippen LogP contribution in [0, 0.1) is 10.8 Å². The third kappa shape index (κ3) is 5.63. The molecule has 0 bridgehead atoms. The Hall–Kier alpha value is -0.0500. The molecule has 0 aromatic rings. The van der Waals surface area contributed by atoms with Crippen molar-refractivity contribution in [3.63, 3.8) is 0 Å². The molecule has 2 nitrogen and oxygen atoms in total. The quantitative estimate of drug-likeness (QED) is 0.763. The first kappa shape index (κ1) is 13.9. The Bertz CT molecular complexity index is 200. The number of amides is 1. The molecule has 0 fully saturated rings. The van der Waals surface area contributed by atoms with Gasteiger partial charge in [-0.1, -0.05) is 57.5 Å². The van der Waals surface area contributed by atoms with Crippen molar-refractivity contribution in [2.75, 3.05) is 6.54 Å². The zero-order valence-electron chi connectivity index (χ0n) is 10.1. The molecule has 0 aliphatic carbocycles. The Morgan fingerprint density at radius 1 is 1.21 bits per heavy atom. The Kier molecular flexibility index (Phi) is 4.63. The van der Waals surface area contributed by atoms with E-state index < -0.39 is 0 Å². The highest BCUT2D eigenvalue weighted by atomic mass is 79.9. The van der Waals surface area contributed by atoms with Gasteiger partial charge in [-0.3, -0.25) is 4.79 Å². The maximum Gasteiger partial charge on any atom is 0.234 e. The van der Waals surface area contributed by atoms with E-state index in [4.69, 9.17) is 0 Å². The number of rotatable bonds is 2. The lowest BCUT2D eigenvalue weighted by molar-refractivity contribution is -0.122. The molecule has 1 amide bonds. The smallest absolute Gasteiger partial charge is 0.234 e. The summed E-state index contributed by atoms with van der Waals surface area (Å²) in [6, 6.07) is 0. The lowest BCUT2D eigenvalue weighted by Gasteiger charge is -2.26. The number of nitrogens with one attached hydrogen (secondary N) is 1. The van der Waals surface area contributed by atoms with Crippen LogP contribution in [0.15, 0.2) is 0 Å². The van der Waals surface area contributed by atoms with Gasteiger partial charge in [-0.25, -0.2) is 0 Å². The first-order valence-electron chi connectivity index (χ1n) is 4.96. The Balaban J connectivity index is 4.11. The Labute approximate surface area is 96.0 Å². The van der Waals surface area contributed by atoms with Gasteiger partial charge in [0, 0.05) is 6.54 Å². The van der Waals surface area contributed by atoms with Crippen LogP contribution in [0.5, 0.6) is 0 Å². The monoisotopic (exact) mass is 263 g/mol. The molecule has 0 unspecified atom stereocenters. The van der Waals surface area contributed by atoms with Gasteiger partial charge in [0.15, 0.2) is 0 Å². The highest BCUT2D eigenvalue weighted by Crippen LogP contribution is 2.26. The molecule has 0 radical (unpaired) electrons. The lowest BCUT2D eigenvalue weighted by Crippen LogP contribution is -2.41. The zero-order valence-corrected chi connectivity index (χ0v) is 11.7. The number of carbonyl (C=O) groups excluding carboxylic acids is 1. The van der Waals surface area contributed by atoms with Gasteiger partial charge in [-0.15, -0.1) is 0 Å². The van der Waals surface area contributed by atoms with E-state index in [2.05, 4.69) is 42.0 Å². The van der Waals surface area contributed by atoms with Crippen molar-refractivity contribution in [1.82, 2.24) is 5.32 Å². The Morgan fingerprint density at radius 2 is 1.64 bits per heavy atom. The molecule has 0 saturated heterocycles. The van der Waals surface area contributed by atoms with Crippen LogP contribution in [0.3, 0.4) is 0 Å². The summed E-state index contributed by atoms with van der Waals surface area (Å²) in [7, 11) is 0. The first-order chi connectivity index (χ1) is 6.04. The molecule has 0 aromatic carbocycles. The summed E-state index contributed by atoms with van der Waals surface area (Å²) in [5.41, 5.74) is 0.0994. The highest BCUT2D eigenvalue weighted by Gasteiger charge is 2.28. The largest absolute Gasteiger partial charge is 0.355 e. The first-order valence-corrected chi connectivity index (χ1v) is 5.87. The molecule has 14 heavy (non-hydrogen) atoms.